The summed E-state index contributed by atoms with van der Waals surface area (Å²) in [5, 5.41) is 16.9. The number of nitrogens with zero attached hydrogens (tertiary/aromatic N) is 3. The molecule has 7 heteroatoms. The van der Waals surface area contributed by atoms with Crippen LogP contribution in [0.4, 0.5) is 5.69 Å². The second kappa shape index (κ2) is 7.57. The molecule has 0 aliphatic rings. The molecule has 0 aliphatic heterocycles. The van der Waals surface area contributed by atoms with E-state index < -0.39 is 5.92 Å². The van der Waals surface area contributed by atoms with Crippen LogP contribution in [0, 0.1) is 6.92 Å². The third-order valence-corrected chi connectivity index (χ3v) is 3.91. The van der Waals surface area contributed by atoms with Crippen molar-refractivity contribution in [2.45, 2.75) is 19.3 Å². The Morgan fingerprint density at radius 1 is 1.16 bits per heavy atom. The molecule has 7 nitrogen and oxygen atoms in total. The molecule has 0 saturated heterocycles. The van der Waals surface area contributed by atoms with Crippen LogP contribution in [-0.2, 0) is 11.2 Å². The lowest BCUT2D eigenvalue weighted by Gasteiger charge is -2.14. The van der Waals surface area contributed by atoms with Gasteiger partial charge < -0.3 is 10.1 Å². The summed E-state index contributed by atoms with van der Waals surface area (Å²) in [5.41, 5.74) is 2.89. The number of carbonyl (C=O) groups is 1. The molecule has 0 fully saturated rings. The van der Waals surface area contributed by atoms with Crippen LogP contribution in [0.25, 0.3) is 0 Å². The lowest BCUT2D eigenvalue weighted by molar-refractivity contribution is -0.117. The summed E-state index contributed by atoms with van der Waals surface area (Å²) in [6.45, 7) is 2.02. The van der Waals surface area contributed by atoms with E-state index >= 15 is 0 Å². The van der Waals surface area contributed by atoms with E-state index in [1.165, 1.54) is 5.56 Å². The molecule has 3 rings (SSSR count). The van der Waals surface area contributed by atoms with Gasteiger partial charge in [0.05, 0.1) is 7.11 Å². The van der Waals surface area contributed by atoms with Crippen LogP contribution < -0.4 is 10.1 Å². The number of amides is 1. The molecule has 0 unspecified atom stereocenters. The first kappa shape index (κ1) is 16.6. The van der Waals surface area contributed by atoms with Crippen molar-refractivity contribution in [1.29, 1.82) is 0 Å². The van der Waals surface area contributed by atoms with Crippen LogP contribution >= 0.6 is 0 Å². The third kappa shape index (κ3) is 4.20. The summed E-state index contributed by atoms with van der Waals surface area (Å²) in [6, 6.07) is 15.2. The second-order valence-corrected chi connectivity index (χ2v) is 5.73. The van der Waals surface area contributed by atoms with Gasteiger partial charge in [-0.3, -0.25) is 4.79 Å². The van der Waals surface area contributed by atoms with Gasteiger partial charge in [-0.1, -0.05) is 35.0 Å². The van der Waals surface area contributed by atoms with Gasteiger partial charge in [-0.2, -0.15) is 5.21 Å². The Bertz CT molecular complexity index is 814. The quantitative estimate of drug-likeness (QED) is 0.721. The molecule has 0 radical (unpaired) electrons. The predicted molar refractivity (Wildman–Crippen MR) is 93.4 cm³/mol. The summed E-state index contributed by atoms with van der Waals surface area (Å²) in [4.78, 5) is 12.8. The van der Waals surface area contributed by atoms with Crippen LogP contribution in [0.15, 0.2) is 48.5 Å². The first-order chi connectivity index (χ1) is 12.2. The monoisotopic (exact) mass is 337 g/mol. The van der Waals surface area contributed by atoms with E-state index in [1.807, 2.05) is 31.2 Å². The molecule has 0 spiro atoms. The zero-order valence-electron chi connectivity index (χ0n) is 14.1. The highest BCUT2D eigenvalue weighted by Crippen LogP contribution is 2.21. The number of hydrogen-bond donors (Lipinski definition) is 2. The normalized spacial score (nSPS) is 11.8. The molecule has 2 N–H and O–H groups in total. The van der Waals surface area contributed by atoms with Crippen molar-refractivity contribution in [3.63, 3.8) is 0 Å². The van der Waals surface area contributed by atoms with Gasteiger partial charge in [-0.15, -0.1) is 10.2 Å². The van der Waals surface area contributed by atoms with E-state index in [1.54, 1.807) is 31.4 Å². The fraction of sp³-hybridized carbons (Fsp3) is 0.222. The number of methoxy groups -OCH3 is 1. The van der Waals surface area contributed by atoms with Crippen molar-refractivity contribution in [1.82, 2.24) is 20.6 Å². The van der Waals surface area contributed by atoms with E-state index in [2.05, 4.69) is 25.9 Å². The molecule has 25 heavy (non-hydrogen) atoms. The van der Waals surface area contributed by atoms with E-state index in [-0.39, 0.29) is 5.91 Å². The van der Waals surface area contributed by atoms with Crippen molar-refractivity contribution >= 4 is 11.6 Å². The number of aryl methyl sites for hydroxylation is 1. The Kier molecular flexibility index (Phi) is 5.03. The number of aromatic nitrogens is 4. The maximum atomic E-state index is 12.8. The van der Waals surface area contributed by atoms with Gasteiger partial charge in [0, 0.05) is 5.69 Å². The number of anilines is 1. The fourth-order valence-electron chi connectivity index (χ4n) is 2.48. The van der Waals surface area contributed by atoms with Gasteiger partial charge in [0.1, 0.15) is 11.7 Å². The number of hydrogen-bond acceptors (Lipinski definition) is 5. The minimum Gasteiger partial charge on any atom is -0.497 e. The lowest BCUT2D eigenvalue weighted by atomic mass is 9.97. The molecular weight excluding hydrogens is 318 g/mol. The second-order valence-electron chi connectivity index (χ2n) is 5.73. The molecule has 1 atom stereocenters. The lowest BCUT2D eigenvalue weighted by Crippen LogP contribution is -2.24. The number of carbonyl (C=O) groups excluding carboxylic acids is 1. The van der Waals surface area contributed by atoms with Crippen molar-refractivity contribution in [3.8, 4) is 5.75 Å². The van der Waals surface area contributed by atoms with Crippen LogP contribution in [0.3, 0.4) is 0 Å². The highest BCUT2D eigenvalue weighted by Gasteiger charge is 2.25. The summed E-state index contributed by atoms with van der Waals surface area (Å²) in [6.07, 6.45) is 0.488. The first-order valence-corrected chi connectivity index (χ1v) is 7.89. The highest BCUT2D eigenvalue weighted by molar-refractivity contribution is 5.95. The molecule has 2 aromatic carbocycles. The zero-order valence-corrected chi connectivity index (χ0v) is 14.1. The molecule has 1 heterocycles. The van der Waals surface area contributed by atoms with Gasteiger partial charge >= 0.3 is 0 Å². The molecule has 1 aromatic heterocycles. The van der Waals surface area contributed by atoms with E-state index in [0.29, 0.717) is 17.9 Å². The van der Waals surface area contributed by atoms with Crippen molar-refractivity contribution < 1.29 is 9.53 Å². The zero-order chi connectivity index (χ0) is 17.6. The summed E-state index contributed by atoms with van der Waals surface area (Å²) in [7, 11) is 1.60. The van der Waals surface area contributed by atoms with Crippen LogP contribution in [0.5, 0.6) is 5.75 Å². The van der Waals surface area contributed by atoms with E-state index in [0.717, 1.165) is 11.3 Å². The van der Waals surface area contributed by atoms with Crippen LogP contribution in [-0.4, -0.2) is 33.6 Å². The number of aromatic amines is 1. The number of H-pyrrole nitrogens is 1. The maximum Gasteiger partial charge on any atom is 0.235 e. The molecule has 3 aromatic rings. The number of benzene rings is 2. The van der Waals surface area contributed by atoms with E-state index in [4.69, 9.17) is 4.74 Å². The molecule has 1 amide bonds. The van der Waals surface area contributed by atoms with Crippen molar-refractivity contribution in [2.24, 2.45) is 0 Å². The molecule has 128 valence electrons. The number of ether oxygens (including phenoxy) is 1. The van der Waals surface area contributed by atoms with Crippen LogP contribution in [0.2, 0.25) is 0 Å². The fourth-order valence-corrected chi connectivity index (χ4v) is 2.48. The summed E-state index contributed by atoms with van der Waals surface area (Å²) >= 11 is 0. The molecule has 0 bridgehead atoms. The maximum absolute atomic E-state index is 12.8. The van der Waals surface area contributed by atoms with Gasteiger partial charge in [0.15, 0.2) is 5.82 Å². The Morgan fingerprint density at radius 3 is 2.48 bits per heavy atom. The van der Waals surface area contributed by atoms with Gasteiger partial charge in [0.2, 0.25) is 5.91 Å². The average Bonchev–Trinajstić information content (AvgIpc) is 3.16. The first-order valence-electron chi connectivity index (χ1n) is 7.89. The SMILES string of the molecule is COc1ccc(NC(=O)[C@@H](Cc2ccc(C)cc2)c2nn[nH]n2)cc1. The molecular formula is C18H19N5O2. The van der Waals surface area contributed by atoms with Gasteiger partial charge in [-0.05, 0) is 43.2 Å². The van der Waals surface area contributed by atoms with Crippen LogP contribution in [0.1, 0.15) is 22.9 Å². The summed E-state index contributed by atoms with van der Waals surface area (Å²) in [5.74, 6) is 0.370. The minimum atomic E-state index is -0.538. The topological polar surface area (TPSA) is 92.8 Å². The largest absolute Gasteiger partial charge is 0.497 e. The summed E-state index contributed by atoms with van der Waals surface area (Å²) < 4.78 is 5.12. The number of nitrogens with one attached hydrogen (secondary N) is 2. The van der Waals surface area contributed by atoms with Gasteiger partial charge in [-0.25, -0.2) is 0 Å². The Labute approximate surface area is 145 Å². The predicted octanol–water partition coefficient (Wildman–Crippen LogP) is 2.48. The Morgan fingerprint density at radius 2 is 1.88 bits per heavy atom. The van der Waals surface area contributed by atoms with E-state index in [9.17, 15) is 4.79 Å². The number of tetrazole rings is 1. The third-order valence-electron chi connectivity index (χ3n) is 3.91. The molecule has 0 saturated carbocycles. The Hall–Kier alpha value is -3.22. The minimum absolute atomic E-state index is 0.188. The van der Waals surface area contributed by atoms with Gasteiger partial charge in [0.25, 0.3) is 0 Å². The average molecular weight is 337 g/mol. The molecule has 0 aliphatic carbocycles. The smallest absolute Gasteiger partial charge is 0.235 e. The number of rotatable bonds is 6. The Balaban J connectivity index is 1.78. The van der Waals surface area contributed by atoms with Crippen molar-refractivity contribution in [2.75, 3.05) is 12.4 Å². The van der Waals surface area contributed by atoms with Crippen molar-refractivity contribution in [3.05, 3.63) is 65.5 Å². The standard InChI is InChI=1S/C18H19N5O2/c1-12-3-5-13(6-4-12)11-16(17-20-22-23-21-17)18(24)19-14-7-9-15(25-2)10-8-14/h3-10,16H,11H2,1-2H3,(H,19,24)(H,20,21,22,23)/t16-/m0/s1. The highest BCUT2D eigenvalue weighted by atomic mass is 16.5.